The molecule has 0 saturated carbocycles. The van der Waals surface area contributed by atoms with Crippen LogP contribution in [-0.2, 0) is 21.3 Å². The Morgan fingerprint density at radius 1 is 1.12 bits per heavy atom. The molecule has 0 aliphatic carbocycles. The van der Waals surface area contributed by atoms with Crippen LogP contribution >= 0.6 is 0 Å². The van der Waals surface area contributed by atoms with Crippen molar-refractivity contribution in [2.45, 2.75) is 37.4 Å². The SMILES string of the molecule is Cc1ccc(S(=O)(=O)N(Cc2ccc(F)cc2)C2CCOCC2)o1. The third-order valence-electron chi connectivity index (χ3n) is 4.13. The summed E-state index contributed by atoms with van der Waals surface area (Å²) in [6.45, 7) is 2.93. The molecule has 2 aromatic rings. The Morgan fingerprint density at radius 2 is 1.79 bits per heavy atom. The van der Waals surface area contributed by atoms with Crippen LogP contribution in [0.4, 0.5) is 4.39 Å². The molecule has 1 aliphatic rings. The highest BCUT2D eigenvalue weighted by molar-refractivity contribution is 7.89. The molecule has 1 saturated heterocycles. The molecule has 0 amide bonds. The van der Waals surface area contributed by atoms with E-state index in [-0.39, 0.29) is 23.5 Å². The highest BCUT2D eigenvalue weighted by Gasteiger charge is 2.34. The molecule has 0 radical (unpaired) electrons. The first-order valence-corrected chi connectivity index (χ1v) is 9.31. The zero-order valence-electron chi connectivity index (χ0n) is 13.4. The summed E-state index contributed by atoms with van der Waals surface area (Å²) in [5.41, 5.74) is 0.731. The number of nitrogens with zero attached hydrogens (tertiary/aromatic N) is 1. The maximum atomic E-state index is 13.1. The van der Waals surface area contributed by atoms with Crippen LogP contribution in [0.5, 0.6) is 0 Å². The summed E-state index contributed by atoms with van der Waals surface area (Å²) in [6, 6.07) is 8.81. The summed E-state index contributed by atoms with van der Waals surface area (Å²) in [5.74, 6) is 0.197. The third-order valence-corrected chi connectivity index (χ3v) is 5.90. The Morgan fingerprint density at radius 3 is 2.38 bits per heavy atom. The first kappa shape index (κ1) is 17.1. The second kappa shape index (κ2) is 7.04. The molecule has 0 atom stereocenters. The van der Waals surface area contributed by atoms with E-state index in [4.69, 9.17) is 9.15 Å². The molecule has 5 nitrogen and oxygen atoms in total. The van der Waals surface area contributed by atoms with Crippen molar-refractivity contribution in [2.75, 3.05) is 13.2 Å². The first-order valence-electron chi connectivity index (χ1n) is 7.87. The Labute approximate surface area is 141 Å². The van der Waals surface area contributed by atoms with Gasteiger partial charge in [-0.05, 0) is 49.6 Å². The summed E-state index contributed by atoms with van der Waals surface area (Å²) in [7, 11) is -3.77. The van der Waals surface area contributed by atoms with Crippen LogP contribution in [0.3, 0.4) is 0 Å². The van der Waals surface area contributed by atoms with Gasteiger partial charge in [-0.2, -0.15) is 4.31 Å². The van der Waals surface area contributed by atoms with Crippen molar-refractivity contribution in [3.8, 4) is 0 Å². The number of sulfonamides is 1. The molecule has 130 valence electrons. The van der Waals surface area contributed by atoms with Crippen LogP contribution in [-0.4, -0.2) is 32.0 Å². The predicted octanol–water partition coefficient (Wildman–Crippen LogP) is 3.10. The molecule has 0 spiro atoms. The molecule has 0 N–H and O–H groups in total. The number of halogens is 1. The minimum absolute atomic E-state index is 0.0615. The molecule has 7 heteroatoms. The number of furan rings is 1. The molecule has 1 fully saturated rings. The maximum Gasteiger partial charge on any atom is 0.277 e. The van der Waals surface area contributed by atoms with E-state index in [1.165, 1.54) is 22.5 Å². The van der Waals surface area contributed by atoms with Crippen molar-refractivity contribution < 1.29 is 22.0 Å². The molecule has 1 aromatic heterocycles. The third kappa shape index (κ3) is 3.68. The Bertz CT molecular complexity index is 779. The molecule has 24 heavy (non-hydrogen) atoms. The van der Waals surface area contributed by atoms with Crippen molar-refractivity contribution in [3.63, 3.8) is 0 Å². The first-order chi connectivity index (χ1) is 11.5. The van der Waals surface area contributed by atoms with E-state index in [0.717, 1.165) is 5.56 Å². The van der Waals surface area contributed by atoms with Crippen LogP contribution in [0.2, 0.25) is 0 Å². The van der Waals surface area contributed by atoms with Gasteiger partial charge in [0.05, 0.1) is 0 Å². The summed E-state index contributed by atoms with van der Waals surface area (Å²) in [4.78, 5) is 0. The van der Waals surface area contributed by atoms with Crippen LogP contribution in [0, 0.1) is 12.7 Å². The number of aryl methyl sites for hydroxylation is 1. The maximum absolute atomic E-state index is 13.1. The Hall–Kier alpha value is -1.70. The Kier molecular flexibility index (Phi) is 5.03. The van der Waals surface area contributed by atoms with Gasteiger partial charge in [0.25, 0.3) is 10.0 Å². The van der Waals surface area contributed by atoms with E-state index in [1.807, 2.05) is 0 Å². The standard InChI is InChI=1S/C17H20FNO4S/c1-13-2-7-17(23-13)24(20,21)19(16-8-10-22-11-9-16)12-14-3-5-15(18)6-4-14/h2-7,16H,8-12H2,1H3. The van der Waals surface area contributed by atoms with Crippen LogP contribution in [0.25, 0.3) is 0 Å². The molecule has 1 aliphatic heterocycles. The second-order valence-corrected chi connectivity index (χ2v) is 7.71. The van der Waals surface area contributed by atoms with Gasteiger partial charge in [-0.3, -0.25) is 0 Å². The van der Waals surface area contributed by atoms with E-state index in [2.05, 4.69) is 0 Å². The summed E-state index contributed by atoms with van der Waals surface area (Å²) < 4.78 is 51.3. The number of hydrogen-bond donors (Lipinski definition) is 0. The summed E-state index contributed by atoms with van der Waals surface area (Å²) in [6.07, 6.45) is 1.25. The van der Waals surface area contributed by atoms with E-state index >= 15 is 0 Å². The largest absolute Gasteiger partial charge is 0.449 e. The fraction of sp³-hybridized carbons (Fsp3) is 0.412. The van der Waals surface area contributed by atoms with E-state index < -0.39 is 10.0 Å². The molecule has 0 bridgehead atoms. The van der Waals surface area contributed by atoms with E-state index in [9.17, 15) is 12.8 Å². The Balaban J connectivity index is 1.93. The number of rotatable bonds is 5. The number of hydrogen-bond acceptors (Lipinski definition) is 4. The topological polar surface area (TPSA) is 59.8 Å². The lowest BCUT2D eigenvalue weighted by Crippen LogP contribution is -2.42. The van der Waals surface area contributed by atoms with E-state index in [1.54, 1.807) is 25.1 Å². The van der Waals surface area contributed by atoms with Gasteiger partial charge in [-0.25, -0.2) is 12.8 Å². The van der Waals surface area contributed by atoms with Gasteiger partial charge in [-0.1, -0.05) is 12.1 Å². The van der Waals surface area contributed by atoms with Gasteiger partial charge in [0.15, 0.2) is 0 Å². The van der Waals surface area contributed by atoms with Gasteiger partial charge in [0.1, 0.15) is 11.6 Å². The molecular weight excluding hydrogens is 333 g/mol. The monoisotopic (exact) mass is 353 g/mol. The second-order valence-electron chi connectivity index (χ2n) is 5.89. The lowest BCUT2D eigenvalue weighted by Gasteiger charge is -2.32. The fourth-order valence-corrected chi connectivity index (χ4v) is 4.45. The average Bonchev–Trinajstić information content (AvgIpc) is 3.02. The highest BCUT2D eigenvalue weighted by Crippen LogP contribution is 2.27. The lowest BCUT2D eigenvalue weighted by molar-refractivity contribution is 0.0565. The predicted molar refractivity (Wildman–Crippen MR) is 86.4 cm³/mol. The van der Waals surface area contributed by atoms with Crippen molar-refractivity contribution in [2.24, 2.45) is 0 Å². The smallest absolute Gasteiger partial charge is 0.277 e. The van der Waals surface area contributed by atoms with Gasteiger partial charge >= 0.3 is 0 Å². The highest BCUT2D eigenvalue weighted by atomic mass is 32.2. The molecular formula is C17H20FNO4S. The van der Waals surface area contributed by atoms with Gasteiger partial charge < -0.3 is 9.15 Å². The van der Waals surface area contributed by atoms with Gasteiger partial charge in [0, 0.05) is 25.8 Å². The van der Waals surface area contributed by atoms with E-state index in [0.29, 0.717) is 31.8 Å². The molecule has 1 aromatic carbocycles. The quantitative estimate of drug-likeness (QED) is 0.829. The van der Waals surface area contributed by atoms with Crippen molar-refractivity contribution in [1.29, 1.82) is 0 Å². The van der Waals surface area contributed by atoms with Gasteiger partial charge in [-0.15, -0.1) is 0 Å². The minimum Gasteiger partial charge on any atom is -0.449 e. The normalized spacial score (nSPS) is 16.6. The zero-order valence-corrected chi connectivity index (χ0v) is 14.3. The van der Waals surface area contributed by atoms with Crippen molar-refractivity contribution >= 4 is 10.0 Å². The van der Waals surface area contributed by atoms with Crippen molar-refractivity contribution in [3.05, 3.63) is 53.5 Å². The summed E-state index contributed by atoms with van der Waals surface area (Å²) in [5, 5.41) is -0.0615. The molecule has 0 unspecified atom stereocenters. The fourth-order valence-electron chi connectivity index (χ4n) is 2.82. The van der Waals surface area contributed by atoms with Crippen LogP contribution in [0.15, 0.2) is 45.9 Å². The zero-order chi connectivity index (χ0) is 17.2. The average molecular weight is 353 g/mol. The number of benzene rings is 1. The molecule has 3 rings (SSSR count). The van der Waals surface area contributed by atoms with Gasteiger partial charge in [0.2, 0.25) is 5.09 Å². The lowest BCUT2D eigenvalue weighted by atomic mass is 10.1. The number of ether oxygens (including phenoxy) is 1. The van der Waals surface area contributed by atoms with Crippen molar-refractivity contribution in [1.82, 2.24) is 4.31 Å². The minimum atomic E-state index is -3.77. The van der Waals surface area contributed by atoms with Crippen LogP contribution in [0.1, 0.15) is 24.2 Å². The summed E-state index contributed by atoms with van der Waals surface area (Å²) >= 11 is 0. The molecule has 2 heterocycles. The van der Waals surface area contributed by atoms with Crippen LogP contribution < -0.4 is 0 Å².